The number of para-hydroxylation sites is 1. The van der Waals surface area contributed by atoms with E-state index >= 15 is 0 Å². The first-order valence-electron chi connectivity index (χ1n) is 9.00. The normalized spacial score (nSPS) is 14.5. The predicted octanol–water partition coefficient (Wildman–Crippen LogP) is 2.39. The second kappa shape index (κ2) is 10.9. The molecule has 1 aliphatic heterocycles. The lowest BCUT2D eigenvalue weighted by Crippen LogP contribution is -2.52. The number of halogens is 1. The summed E-state index contributed by atoms with van der Waals surface area (Å²) in [7, 11) is 1.82. The van der Waals surface area contributed by atoms with Crippen molar-refractivity contribution in [3.63, 3.8) is 0 Å². The highest BCUT2D eigenvalue weighted by atomic mass is 127. The van der Waals surface area contributed by atoms with Gasteiger partial charge in [-0.2, -0.15) is 0 Å². The number of nitrogens with zero attached hydrogens (tertiary/aromatic N) is 5. The first-order chi connectivity index (χ1) is 12.8. The number of guanidine groups is 1. The van der Waals surface area contributed by atoms with Gasteiger partial charge in [0.05, 0.1) is 6.61 Å². The van der Waals surface area contributed by atoms with Crippen LogP contribution < -0.4 is 15.0 Å². The molecule has 7 nitrogen and oxygen atoms in total. The summed E-state index contributed by atoms with van der Waals surface area (Å²) in [6.07, 6.45) is 3.57. The standard InChI is InChI=1S/C19H26N6O.HI/c1-3-26-17-8-5-4-7-16(17)15-23-18(20-2)24-11-13-25(14-12-24)19-21-9-6-10-22-19;/h4-10H,3,11-15H2,1-2H3,(H,20,23);1H. The minimum atomic E-state index is 0. The molecule has 0 aliphatic carbocycles. The number of hydrogen-bond donors (Lipinski definition) is 1. The molecular formula is C19H27IN6O. The highest BCUT2D eigenvalue weighted by Gasteiger charge is 2.21. The molecule has 1 aromatic heterocycles. The SMILES string of the molecule is CCOc1ccccc1CNC(=NC)N1CCN(c2ncccn2)CC1.I. The largest absolute Gasteiger partial charge is 0.494 e. The van der Waals surface area contributed by atoms with Gasteiger partial charge in [0.2, 0.25) is 5.95 Å². The van der Waals surface area contributed by atoms with Gasteiger partial charge in [-0.1, -0.05) is 18.2 Å². The van der Waals surface area contributed by atoms with Gasteiger partial charge in [-0.25, -0.2) is 9.97 Å². The summed E-state index contributed by atoms with van der Waals surface area (Å²) >= 11 is 0. The van der Waals surface area contributed by atoms with Crippen LogP contribution in [0.15, 0.2) is 47.7 Å². The number of nitrogens with one attached hydrogen (secondary N) is 1. The molecule has 1 N–H and O–H groups in total. The number of piperazine rings is 1. The number of rotatable bonds is 5. The van der Waals surface area contributed by atoms with Gasteiger partial charge in [-0.05, 0) is 19.1 Å². The van der Waals surface area contributed by atoms with Crippen LogP contribution in [0, 0.1) is 0 Å². The molecule has 1 aromatic carbocycles. The molecule has 0 saturated carbocycles. The molecule has 1 saturated heterocycles. The fourth-order valence-corrected chi connectivity index (χ4v) is 3.03. The van der Waals surface area contributed by atoms with Crippen molar-refractivity contribution in [2.75, 3.05) is 44.7 Å². The average Bonchev–Trinajstić information content (AvgIpc) is 2.71. The molecule has 0 amide bonds. The van der Waals surface area contributed by atoms with E-state index in [2.05, 4.69) is 36.1 Å². The van der Waals surface area contributed by atoms with E-state index in [9.17, 15) is 0 Å². The number of aromatic nitrogens is 2. The third-order valence-corrected chi connectivity index (χ3v) is 4.34. The summed E-state index contributed by atoms with van der Waals surface area (Å²) in [5, 5.41) is 3.45. The number of hydrogen-bond acceptors (Lipinski definition) is 5. The maximum Gasteiger partial charge on any atom is 0.225 e. The monoisotopic (exact) mass is 482 g/mol. The maximum absolute atomic E-state index is 5.70. The van der Waals surface area contributed by atoms with Crippen LogP contribution in [-0.4, -0.2) is 60.7 Å². The van der Waals surface area contributed by atoms with Crippen molar-refractivity contribution >= 4 is 35.9 Å². The predicted molar refractivity (Wildman–Crippen MR) is 119 cm³/mol. The Kier molecular flexibility index (Phi) is 8.56. The number of aliphatic imine (C=N–C) groups is 1. The molecule has 3 rings (SSSR count). The molecule has 2 heterocycles. The van der Waals surface area contributed by atoms with E-state index in [-0.39, 0.29) is 24.0 Å². The van der Waals surface area contributed by atoms with E-state index < -0.39 is 0 Å². The lowest BCUT2D eigenvalue weighted by molar-refractivity contribution is 0.335. The van der Waals surface area contributed by atoms with Crippen molar-refractivity contribution in [2.24, 2.45) is 4.99 Å². The van der Waals surface area contributed by atoms with Crippen molar-refractivity contribution < 1.29 is 4.74 Å². The van der Waals surface area contributed by atoms with Crippen LogP contribution in [0.5, 0.6) is 5.75 Å². The van der Waals surface area contributed by atoms with E-state index in [0.717, 1.165) is 49.4 Å². The fraction of sp³-hybridized carbons (Fsp3) is 0.421. The van der Waals surface area contributed by atoms with E-state index in [4.69, 9.17) is 4.74 Å². The lowest BCUT2D eigenvalue weighted by atomic mass is 10.2. The topological polar surface area (TPSA) is 65.9 Å². The average molecular weight is 482 g/mol. The van der Waals surface area contributed by atoms with Gasteiger partial charge in [-0.3, -0.25) is 4.99 Å². The molecule has 2 aromatic rings. The molecule has 1 aliphatic rings. The van der Waals surface area contributed by atoms with Crippen molar-refractivity contribution in [1.29, 1.82) is 0 Å². The van der Waals surface area contributed by atoms with Gasteiger partial charge in [0.1, 0.15) is 5.75 Å². The molecule has 1 fully saturated rings. The first kappa shape index (κ1) is 21.2. The van der Waals surface area contributed by atoms with Crippen LogP contribution in [0.3, 0.4) is 0 Å². The molecule has 146 valence electrons. The Balaban J connectivity index is 0.00000261. The Labute approximate surface area is 177 Å². The minimum absolute atomic E-state index is 0. The first-order valence-corrected chi connectivity index (χ1v) is 9.00. The summed E-state index contributed by atoms with van der Waals surface area (Å²) in [5.74, 6) is 2.62. The van der Waals surface area contributed by atoms with Crippen molar-refractivity contribution in [3.8, 4) is 5.75 Å². The Morgan fingerprint density at radius 2 is 1.81 bits per heavy atom. The zero-order chi connectivity index (χ0) is 18.2. The molecule has 0 atom stereocenters. The Hall–Kier alpha value is -2.10. The molecular weight excluding hydrogens is 455 g/mol. The molecule has 0 radical (unpaired) electrons. The van der Waals surface area contributed by atoms with Gasteiger partial charge < -0.3 is 19.9 Å². The van der Waals surface area contributed by atoms with Crippen LogP contribution in [0.2, 0.25) is 0 Å². The van der Waals surface area contributed by atoms with Crippen molar-refractivity contribution in [1.82, 2.24) is 20.2 Å². The van der Waals surface area contributed by atoms with Gasteiger partial charge in [0, 0.05) is 57.7 Å². The summed E-state index contributed by atoms with van der Waals surface area (Å²) in [6.45, 7) is 6.86. The van der Waals surface area contributed by atoms with Gasteiger partial charge in [0.25, 0.3) is 0 Å². The Bertz CT molecular complexity index is 719. The quantitative estimate of drug-likeness (QED) is 0.401. The van der Waals surface area contributed by atoms with E-state index in [1.165, 1.54) is 0 Å². The van der Waals surface area contributed by atoms with Crippen LogP contribution in [-0.2, 0) is 6.54 Å². The van der Waals surface area contributed by atoms with Gasteiger partial charge in [0.15, 0.2) is 5.96 Å². The second-order valence-electron chi connectivity index (χ2n) is 5.96. The van der Waals surface area contributed by atoms with Crippen molar-refractivity contribution in [2.45, 2.75) is 13.5 Å². The second-order valence-corrected chi connectivity index (χ2v) is 5.96. The minimum Gasteiger partial charge on any atom is -0.494 e. The fourth-order valence-electron chi connectivity index (χ4n) is 3.03. The van der Waals surface area contributed by atoms with Gasteiger partial charge in [-0.15, -0.1) is 24.0 Å². The van der Waals surface area contributed by atoms with Crippen molar-refractivity contribution in [3.05, 3.63) is 48.3 Å². The van der Waals surface area contributed by atoms with E-state index in [1.54, 1.807) is 12.4 Å². The van der Waals surface area contributed by atoms with Crippen LogP contribution in [0.1, 0.15) is 12.5 Å². The molecule has 0 unspecified atom stereocenters. The van der Waals surface area contributed by atoms with E-state index in [0.29, 0.717) is 13.2 Å². The highest BCUT2D eigenvalue weighted by molar-refractivity contribution is 14.0. The summed E-state index contributed by atoms with van der Waals surface area (Å²) < 4.78 is 5.70. The Morgan fingerprint density at radius 1 is 1.11 bits per heavy atom. The Morgan fingerprint density at radius 3 is 2.48 bits per heavy atom. The summed E-state index contributed by atoms with van der Waals surface area (Å²) in [6, 6.07) is 9.94. The molecule has 27 heavy (non-hydrogen) atoms. The maximum atomic E-state index is 5.70. The smallest absolute Gasteiger partial charge is 0.225 e. The molecule has 8 heteroatoms. The third-order valence-electron chi connectivity index (χ3n) is 4.34. The lowest BCUT2D eigenvalue weighted by Gasteiger charge is -2.36. The highest BCUT2D eigenvalue weighted by Crippen LogP contribution is 2.18. The van der Waals surface area contributed by atoms with Crippen LogP contribution >= 0.6 is 24.0 Å². The number of benzene rings is 1. The van der Waals surface area contributed by atoms with Gasteiger partial charge >= 0.3 is 0 Å². The van der Waals surface area contributed by atoms with Crippen LogP contribution in [0.25, 0.3) is 0 Å². The summed E-state index contributed by atoms with van der Waals surface area (Å²) in [5.41, 5.74) is 1.13. The molecule has 0 bridgehead atoms. The zero-order valence-corrected chi connectivity index (χ0v) is 18.2. The zero-order valence-electron chi connectivity index (χ0n) is 15.8. The number of ether oxygens (including phenoxy) is 1. The third kappa shape index (κ3) is 5.69. The summed E-state index contributed by atoms with van der Waals surface area (Å²) in [4.78, 5) is 17.6. The number of anilines is 1. The van der Waals surface area contributed by atoms with E-state index in [1.807, 2.05) is 38.2 Å². The van der Waals surface area contributed by atoms with Crippen LogP contribution in [0.4, 0.5) is 5.95 Å². The molecule has 0 spiro atoms.